The molecule has 0 aliphatic carbocycles. The Bertz CT molecular complexity index is 848. The van der Waals surface area contributed by atoms with Gasteiger partial charge in [-0.05, 0) is 43.3 Å². The Morgan fingerprint density at radius 2 is 1.96 bits per heavy atom. The standard InChI is InChI=1S/C18H14BrNO4/c1-11-16(18(22)23-2)17(21)15(10-14-4-3-9-24-14)20(11)13-7-5-12(19)6-8-13/h3-10H,1-2H3. The van der Waals surface area contributed by atoms with Gasteiger partial charge in [0, 0.05) is 21.9 Å². The van der Waals surface area contributed by atoms with Gasteiger partial charge in [0.05, 0.1) is 19.1 Å². The number of anilines is 1. The highest BCUT2D eigenvalue weighted by Gasteiger charge is 2.38. The number of ether oxygens (including phenoxy) is 1. The van der Waals surface area contributed by atoms with Crippen LogP contribution in [-0.2, 0) is 14.3 Å². The number of hydrogen-bond donors (Lipinski definition) is 0. The van der Waals surface area contributed by atoms with Crippen molar-refractivity contribution in [2.24, 2.45) is 0 Å². The Hall–Kier alpha value is -2.60. The topological polar surface area (TPSA) is 59.8 Å². The van der Waals surface area contributed by atoms with Gasteiger partial charge in [0.1, 0.15) is 11.3 Å². The summed E-state index contributed by atoms with van der Waals surface area (Å²) < 4.78 is 11.0. The van der Waals surface area contributed by atoms with Gasteiger partial charge in [0.2, 0.25) is 5.78 Å². The Balaban J connectivity index is 2.15. The van der Waals surface area contributed by atoms with Gasteiger partial charge in [-0.15, -0.1) is 0 Å². The molecule has 0 bridgehead atoms. The number of hydrogen-bond acceptors (Lipinski definition) is 5. The van der Waals surface area contributed by atoms with E-state index in [2.05, 4.69) is 15.9 Å². The van der Waals surface area contributed by atoms with Crippen LogP contribution in [0.25, 0.3) is 6.08 Å². The molecule has 6 heteroatoms. The van der Waals surface area contributed by atoms with E-state index in [0.29, 0.717) is 17.2 Å². The normalized spacial score (nSPS) is 16.2. The van der Waals surface area contributed by atoms with Crippen molar-refractivity contribution in [2.75, 3.05) is 12.0 Å². The molecule has 2 heterocycles. The predicted octanol–water partition coefficient (Wildman–Crippen LogP) is 3.92. The number of rotatable bonds is 3. The Morgan fingerprint density at radius 1 is 1.25 bits per heavy atom. The molecule has 1 aliphatic rings. The summed E-state index contributed by atoms with van der Waals surface area (Å²) in [7, 11) is 1.26. The lowest BCUT2D eigenvalue weighted by molar-refractivity contribution is -0.137. The lowest BCUT2D eigenvalue weighted by Crippen LogP contribution is -2.18. The summed E-state index contributed by atoms with van der Waals surface area (Å²) in [6.45, 7) is 1.72. The molecule has 24 heavy (non-hydrogen) atoms. The summed E-state index contributed by atoms with van der Waals surface area (Å²) >= 11 is 3.39. The van der Waals surface area contributed by atoms with Gasteiger partial charge in [-0.3, -0.25) is 4.79 Å². The SMILES string of the molecule is COC(=O)C1=C(C)N(c2ccc(Br)cc2)C(=Cc2ccco2)C1=O. The van der Waals surface area contributed by atoms with Crippen molar-refractivity contribution in [3.05, 3.63) is 69.9 Å². The van der Waals surface area contributed by atoms with Gasteiger partial charge in [0.25, 0.3) is 0 Å². The van der Waals surface area contributed by atoms with Gasteiger partial charge >= 0.3 is 5.97 Å². The highest BCUT2D eigenvalue weighted by molar-refractivity contribution is 9.10. The summed E-state index contributed by atoms with van der Waals surface area (Å²) in [6.07, 6.45) is 3.14. The average Bonchev–Trinajstić information content (AvgIpc) is 3.16. The highest BCUT2D eigenvalue weighted by atomic mass is 79.9. The summed E-state index contributed by atoms with van der Waals surface area (Å²) in [4.78, 5) is 26.5. The zero-order valence-electron chi connectivity index (χ0n) is 13.1. The van der Waals surface area contributed by atoms with Crippen molar-refractivity contribution in [2.45, 2.75) is 6.92 Å². The number of esters is 1. The van der Waals surface area contributed by atoms with Crippen molar-refractivity contribution < 1.29 is 18.7 Å². The van der Waals surface area contributed by atoms with E-state index in [-0.39, 0.29) is 5.57 Å². The second-order valence-electron chi connectivity index (χ2n) is 5.14. The summed E-state index contributed by atoms with van der Waals surface area (Å²) in [5.74, 6) is -0.513. The first-order chi connectivity index (χ1) is 11.5. The summed E-state index contributed by atoms with van der Waals surface area (Å²) in [5, 5.41) is 0. The predicted molar refractivity (Wildman–Crippen MR) is 93.0 cm³/mol. The third-order valence-electron chi connectivity index (χ3n) is 3.69. The van der Waals surface area contributed by atoms with Crippen LogP contribution >= 0.6 is 15.9 Å². The first-order valence-corrected chi connectivity index (χ1v) is 7.97. The van der Waals surface area contributed by atoms with Crippen LogP contribution in [0.3, 0.4) is 0 Å². The number of allylic oxidation sites excluding steroid dienone is 2. The van der Waals surface area contributed by atoms with Crippen LogP contribution in [0.2, 0.25) is 0 Å². The Labute approximate surface area is 147 Å². The number of carbonyl (C=O) groups is 2. The number of Topliss-reactive ketones (excluding diaryl/α,β-unsaturated/α-hetero) is 1. The molecule has 0 spiro atoms. The first-order valence-electron chi connectivity index (χ1n) is 7.17. The van der Waals surface area contributed by atoms with Crippen LogP contribution in [0.1, 0.15) is 12.7 Å². The molecule has 5 nitrogen and oxygen atoms in total. The Morgan fingerprint density at radius 3 is 2.54 bits per heavy atom. The highest BCUT2D eigenvalue weighted by Crippen LogP contribution is 2.36. The minimum atomic E-state index is -0.651. The van der Waals surface area contributed by atoms with Crippen molar-refractivity contribution in [1.29, 1.82) is 0 Å². The van der Waals surface area contributed by atoms with Crippen molar-refractivity contribution in [3.63, 3.8) is 0 Å². The number of furan rings is 1. The molecule has 2 aromatic rings. The van der Waals surface area contributed by atoms with Crippen molar-refractivity contribution in [1.82, 2.24) is 0 Å². The van der Waals surface area contributed by atoms with Gasteiger partial charge in [-0.25, -0.2) is 4.79 Å². The molecule has 122 valence electrons. The number of ketones is 1. The van der Waals surface area contributed by atoms with Crippen LogP contribution < -0.4 is 4.90 Å². The van der Waals surface area contributed by atoms with Crippen LogP contribution in [0.4, 0.5) is 5.69 Å². The molecule has 3 rings (SSSR count). The fraction of sp³-hybridized carbons (Fsp3) is 0.111. The zero-order chi connectivity index (χ0) is 17.3. The first kappa shape index (κ1) is 16.3. The molecule has 1 aromatic heterocycles. The number of benzene rings is 1. The lowest BCUT2D eigenvalue weighted by atomic mass is 10.1. The molecule has 0 amide bonds. The van der Waals surface area contributed by atoms with Gasteiger partial charge in [-0.1, -0.05) is 15.9 Å². The van der Waals surface area contributed by atoms with Gasteiger partial charge in [0.15, 0.2) is 0 Å². The maximum atomic E-state index is 12.8. The van der Waals surface area contributed by atoms with Crippen molar-refractivity contribution >= 4 is 39.4 Å². The molecule has 0 radical (unpaired) electrons. The Kier molecular flexibility index (Phi) is 4.40. The second kappa shape index (κ2) is 6.49. The van der Waals surface area contributed by atoms with Crippen LogP contribution in [0, 0.1) is 0 Å². The maximum absolute atomic E-state index is 12.8. The largest absolute Gasteiger partial charge is 0.465 e. The molecule has 0 fully saturated rings. The monoisotopic (exact) mass is 387 g/mol. The quantitative estimate of drug-likeness (QED) is 0.453. The van der Waals surface area contributed by atoms with Crippen LogP contribution in [0.5, 0.6) is 0 Å². The van der Waals surface area contributed by atoms with E-state index in [0.717, 1.165) is 10.2 Å². The maximum Gasteiger partial charge on any atom is 0.343 e. The minimum Gasteiger partial charge on any atom is -0.465 e. The van der Waals surface area contributed by atoms with E-state index >= 15 is 0 Å². The van der Waals surface area contributed by atoms with Gasteiger partial charge < -0.3 is 14.1 Å². The molecule has 0 atom stereocenters. The van der Waals surface area contributed by atoms with E-state index in [4.69, 9.17) is 9.15 Å². The van der Waals surface area contributed by atoms with E-state index in [1.165, 1.54) is 13.4 Å². The number of methoxy groups -OCH3 is 1. The average molecular weight is 388 g/mol. The second-order valence-corrected chi connectivity index (χ2v) is 6.05. The molecular formula is C18H14BrNO4. The molecule has 1 aromatic carbocycles. The molecule has 0 saturated heterocycles. The third-order valence-corrected chi connectivity index (χ3v) is 4.22. The molecule has 0 saturated carbocycles. The molecular weight excluding hydrogens is 374 g/mol. The molecule has 1 aliphatic heterocycles. The number of halogens is 1. The molecule has 0 unspecified atom stereocenters. The number of nitrogens with zero attached hydrogens (tertiary/aromatic N) is 1. The van der Waals surface area contributed by atoms with Gasteiger partial charge in [-0.2, -0.15) is 0 Å². The lowest BCUT2D eigenvalue weighted by Gasteiger charge is -2.21. The van der Waals surface area contributed by atoms with E-state index in [9.17, 15) is 9.59 Å². The minimum absolute atomic E-state index is 0.0261. The number of carbonyl (C=O) groups excluding carboxylic acids is 2. The fourth-order valence-electron chi connectivity index (χ4n) is 2.59. The summed E-state index contributed by atoms with van der Waals surface area (Å²) in [5.41, 5.74) is 1.65. The third kappa shape index (κ3) is 2.80. The van der Waals surface area contributed by atoms with E-state index < -0.39 is 11.8 Å². The van der Waals surface area contributed by atoms with Crippen LogP contribution in [-0.4, -0.2) is 18.9 Å². The fourth-order valence-corrected chi connectivity index (χ4v) is 2.85. The summed E-state index contributed by atoms with van der Waals surface area (Å²) in [6, 6.07) is 10.9. The van der Waals surface area contributed by atoms with Crippen molar-refractivity contribution in [3.8, 4) is 0 Å². The van der Waals surface area contributed by atoms with E-state index in [1.54, 1.807) is 30.0 Å². The van der Waals surface area contributed by atoms with E-state index in [1.807, 2.05) is 24.3 Å². The van der Waals surface area contributed by atoms with Crippen LogP contribution in [0.15, 0.2) is 68.5 Å². The zero-order valence-corrected chi connectivity index (χ0v) is 14.7. The smallest absolute Gasteiger partial charge is 0.343 e. The molecule has 0 N–H and O–H groups in total.